The molecule has 0 radical (unpaired) electrons. The van der Waals surface area contributed by atoms with Crippen molar-refractivity contribution in [3.63, 3.8) is 0 Å². The number of hydrogen-bond acceptors (Lipinski definition) is 8. The zero-order chi connectivity index (χ0) is 13.1. The molecule has 1 atom stereocenters. The Morgan fingerprint density at radius 2 is 2.50 bits per heavy atom. The molecule has 1 unspecified atom stereocenters. The molecule has 98 valence electrons. The predicted molar refractivity (Wildman–Crippen MR) is 70.6 cm³/mol. The first kappa shape index (κ1) is 12.8. The summed E-state index contributed by atoms with van der Waals surface area (Å²) in [6, 6.07) is 0.259. The Kier molecular flexibility index (Phi) is 3.82. The molecule has 0 aliphatic carbocycles. The van der Waals surface area contributed by atoms with Gasteiger partial charge >= 0.3 is 5.69 Å². The zero-order valence-corrected chi connectivity index (χ0v) is 10.7. The number of nitro groups is 1. The van der Waals surface area contributed by atoms with Crippen LogP contribution in [0.15, 0.2) is 6.20 Å². The van der Waals surface area contributed by atoms with Crippen LogP contribution in [0.4, 0.5) is 17.5 Å². The van der Waals surface area contributed by atoms with E-state index in [0.717, 1.165) is 17.9 Å². The van der Waals surface area contributed by atoms with Gasteiger partial charge in [0.25, 0.3) is 0 Å². The maximum atomic E-state index is 11.0. The molecule has 1 aliphatic rings. The normalized spacial score (nSPS) is 18.7. The van der Waals surface area contributed by atoms with Crippen molar-refractivity contribution in [1.82, 2.24) is 9.97 Å². The standard InChI is InChI=1S/C9H14N6O2S/c1-14(6-2-3-18-5-6)8-7(15(16)17)4-11-9(12-8)13-10/h4,6H,2-3,5,10H2,1H3,(H,11,12,13). The smallest absolute Gasteiger partial charge is 0.329 e. The van der Waals surface area contributed by atoms with Crippen LogP contribution in [0.25, 0.3) is 0 Å². The van der Waals surface area contributed by atoms with Gasteiger partial charge in [0.2, 0.25) is 11.8 Å². The molecule has 0 amide bonds. The lowest BCUT2D eigenvalue weighted by atomic mass is 10.2. The SMILES string of the molecule is CN(c1nc(NN)ncc1[N+](=O)[O-])C1CCSC1. The topological polar surface area (TPSA) is 110 Å². The van der Waals surface area contributed by atoms with Crippen molar-refractivity contribution in [2.45, 2.75) is 12.5 Å². The molecule has 0 aromatic carbocycles. The highest BCUT2D eigenvalue weighted by Crippen LogP contribution is 2.30. The van der Waals surface area contributed by atoms with Crippen LogP contribution in [-0.2, 0) is 0 Å². The van der Waals surface area contributed by atoms with Gasteiger partial charge in [-0.05, 0) is 12.2 Å². The van der Waals surface area contributed by atoms with Crippen molar-refractivity contribution in [2.75, 3.05) is 28.9 Å². The number of hydrazine groups is 1. The number of nitrogens with two attached hydrogens (primary N) is 1. The third kappa shape index (κ3) is 2.46. The molecule has 1 aromatic heterocycles. The number of rotatable bonds is 4. The fraction of sp³-hybridized carbons (Fsp3) is 0.556. The van der Waals surface area contributed by atoms with Gasteiger partial charge < -0.3 is 4.90 Å². The maximum absolute atomic E-state index is 11.0. The first-order valence-corrected chi connectivity index (χ1v) is 6.57. The summed E-state index contributed by atoms with van der Waals surface area (Å²) in [6.45, 7) is 0. The van der Waals surface area contributed by atoms with Crippen molar-refractivity contribution in [3.05, 3.63) is 16.3 Å². The fourth-order valence-corrected chi connectivity index (χ4v) is 3.09. The van der Waals surface area contributed by atoms with Gasteiger partial charge in [0, 0.05) is 18.8 Å². The monoisotopic (exact) mass is 270 g/mol. The average molecular weight is 270 g/mol. The average Bonchev–Trinajstić information content (AvgIpc) is 2.90. The molecule has 0 spiro atoms. The molecule has 8 nitrogen and oxygen atoms in total. The summed E-state index contributed by atoms with van der Waals surface area (Å²) < 4.78 is 0. The van der Waals surface area contributed by atoms with E-state index in [-0.39, 0.29) is 17.7 Å². The molecule has 1 saturated heterocycles. The highest BCUT2D eigenvalue weighted by atomic mass is 32.2. The molecule has 9 heteroatoms. The van der Waals surface area contributed by atoms with Gasteiger partial charge in [-0.15, -0.1) is 0 Å². The first-order chi connectivity index (χ1) is 8.63. The Hall–Kier alpha value is -1.61. The summed E-state index contributed by atoms with van der Waals surface area (Å²) in [4.78, 5) is 20.2. The van der Waals surface area contributed by atoms with Crippen LogP contribution in [0.2, 0.25) is 0 Å². The summed E-state index contributed by atoms with van der Waals surface area (Å²) in [6.07, 6.45) is 2.17. The quantitative estimate of drug-likeness (QED) is 0.465. The second kappa shape index (κ2) is 5.36. The molecular formula is C9H14N6O2S. The van der Waals surface area contributed by atoms with E-state index in [4.69, 9.17) is 5.84 Å². The molecule has 0 saturated carbocycles. The lowest BCUT2D eigenvalue weighted by molar-refractivity contribution is -0.384. The molecular weight excluding hydrogens is 256 g/mol. The number of aromatic nitrogens is 2. The van der Waals surface area contributed by atoms with Crippen LogP contribution >= 0.6 is 11.8 Å². The van der Waals surface area contributed by atoms with E-state index in [1.165, 1.54) is 6.20 Å². The number of nitrogens with zero attached hydrogens (tertiary/aromatic N) is 4. The number of nitrogens with one attached hydrogen (secondary N) is 1. The lowest BCUT2D eigenvalue weighted by Crippen LogP contribution is -2.33. The minimum absolute atomic E-state index is 0.103. The molecule has 2 heterocycles. The summed E-state index contributed by atoms with van der Waals surface area (Å²) in [5.74, 6) is 7.72. The Labute approximate surface area is 108 Å². The number of nitrogen functional groups attached to an aromatic ring is 1. The van der Waals surface area contributed by atoms with E-state index in [2.05, 4.69) is 15.4 Å². The van der Waals surface area contributed by atoms with Crippen LogP contribution in [0.1, 0.15) is 6.42 Å². The second-order valence-corrected chi connectivity index (χ2v) is 5.08. The molecule has 3 N–H and O–H groups in total. The van der Waals surface area contributed by atoms with Crippen LogP contribution in [-0.4, -0.2) is 39.5 Å². The van der Waals surface area contributed by atoms with E-state index in [0.29, 0.717) is 5.82 Å². The summed E-state index contributed by atoms with van der Waals surface area (Å²) in [5, 5.41) is 11.0. The van der Waals surface area contributed by atoms with Crippen LogP contribution in [0.3, 0.4) is 0 Å². The fourth-order valence-electron chi connectivity index (χ4n) is 1.82. The third-order valence-electron chi connectivity index (χ3n) is 2.86. The molecule has 2 rings (SSSR count). The minimum atomic E-state index is -0.478. The molecule has 1 aliphatic heterocycles. The summed E-state index contributed by atoms with van der Waals surface area (Å²) in [5.41, 5.74) is 2.20. The van der Waals surface area contributed by atoms with Crippen LogP contribution in [0, 0.1) is 10.1 Å². The van der Waals surface area contributed by atoms with Crippen LogP contribution < -0.4 is 16.2 Å². The van der Waals surface area contributed by atoms with E-state index in [1.807, 2.05) is 23.7 Å². The lowest BCUT2D eigenvalue weighted by Gasteiger charge is -2.24. The Morgan fingerprint density at radius 1 is 1.72 bits per heavy atom. The van der Waals surface area contributed by atoms with E-state index >= 15 is 0 Å². The minimum Gasteiger partial charge on any atom is -0.350 e. The molecule has 1 aromatic rings. The Balaban J connectivity index is 2.35. The second-order valence-electron chi connectivity index (χ2n) is 3.93. The number of hydrogen-bond donors (Lipinski definition) is 2. The van der Waals surface area contributed by atoms with Gasteiger partial charge in [-0.1, -0.05) is 0 Å². The molecule has 0 bridgehead atoms. The van der Waals surface area contributed by atoms with E-state index in [1.54, 1.807) is 0 Å². The number of anilines is 2. The third-order valence-corrected chi connectivity index (χ3v) is 4.01. The van der Waals surface area contributed by atoms with E-state index in [9.17, 15) is 10.1 Å². The summed E-state index contributed by atoms with van der Waals surface area (Å²) >= 11 is 1.83. The van der Waals surface area contributed by atoms with Gasteiger partial charge in [0.05, 0.1) is 4.92 Å². The van der Waals surface area contributed by atoms with E-state index < -0.39 is 4.92 Å². The predicted octanol–water partition coefficient (Wildman–Crippen LogP) is 0.612. The highest BCUT2D eigenvalue weighted by molar-refractivity contribution is 7.99. The molecule has 1 fully saturated rings. The van der Waals surface area contributed by atoms with Crippen molar-refractivity contribution in [3.8, 4) is 0 Å². The van der Waals surface area contributed by atoms with Crippen molar-refractivity contribution in [2.24, 2.45) is 5.84 Å². The highest BCUT2D eigenvalue weighted by Gasteiger charge is 2.27. The first-order valence-electron chi connectivity index (χ1n) is 5.42. The number of thioether (sulfide) groups is 1. The van der Waals surface area contributed by atoms with Gasteiger partial charge in [-0.25, -0.2) is 10.8 Å². The van der Waals surface area contributed by atoms with Gasteiger partial charge in [-0.3, -0.25) is 15.5 Å². The van der Waals surface area contributed by atoms with Crippen molar-refractivity contribution in [1.29, 1.82) is 0 Å². The van der Waals surface area contributed by atoms with Crippen molar-refractivity contribution < 1.29 is 4.92 Å². The zero-order valence-electron chi connectivity index (χ0n) is 9.87. The largest absolute Gasteiger partial charge is 0.350 e. The summed E-state index contributed by atoms with van der Waals surface area (Å²) in [7, 11) is 1.81. The van der Waals surface area contributed by atoms with Gasteiger partial charge in [0.15, 0.2) is 0 Å². The maximum Gasteiger partial charge on any atom is 0.329 e. The van der Waals surface area contributed by atoms with Crippen LogP contribution in [0.5, 0.6) is 0 Å². The Bertz CT molecular complexity index is 451. The van der Waals surface area contributed by atoms with Gasteiger partial charge in [0.1, 0.15) is 6.20 Å². The molecule has 18 heavy (non-hydrogen) atoms. The Morgan fingerprint density at radius 3 is 3.06 bits per heavy atom. The van der Waals surface area contributed by atoms with Crippen molar-refractivity contribution >= 4 is 29.2 Å². The van der Waals surface area contributed by atoms with Gasteiger partial charge in [-0.2, -0.15) is 16.7 Å².